The first kappa shape index (κ1) is 15.2. The lowest BCUT2D eigenvalue weighted by Crippen LogP contribution is -2.38. The van der Waals surface area contributed by atoms with Gasteiger partial charge in [-0.15, -0.1) is 11.3 Å². The fraction of sp³-hybridized carbons (Fsp3) is 0.333. The van der Waals surface area contributed by atoms with Crippen molar-refractivity contribution >= 4 is 27.5 Å². The molecule has 1 aliphatic rings. The predicted molar refractivity (Wildman–Crippen MR) is 94.3 cm³/mol. The largest absolute Gasteiger partial charge is 0.337 e. The molecule has 3 heterocycles. The molecule has 5 nitrogen and oxygen atoms in total. The van der Waals surface area contributed by atoms with Gasteiger partial charge in [0, 0.05) is 25.2 Å². The molecule has 0 atom stereocenters. The second kappa shape index (κ2) is 6.28. The molecule has 1 fully saturated rings. The summed E-state index contributed by atoms with van der Waals surface area (Å²) in [4.78, 5) is 27.5. The second-order valence-corrected chi connectivity index (χ2v) is 7.19. The summed E-state index contributed by atoms with van der Waals surface area (Å²) in [6, 6.07) is 8.25. The third-order valence-electron chi connectivity index (χ3n) is 4.44. The van der Waals surface area contributed by atoms with Crippen LogP contribution in [0.3, 0.4) is 0 Å². The number of hydrogen-bond donors (Lipinski definition) is 0. The van der Waals surface area contributed by atoms with E-state index in [-0.39, 0.29) is 5.91 Å². The summed E-state index contributed by atoms with van der Waals surface area (Å²) in [7, 11) is 0. The Morgan fingerprint density at radius 2 is 1.96 bits per heavy atom. The van der Waals surface area contributed by atoms with E-state index in [1.54, 1.807) is 23.7 Å². The van der Waals surface area contributed by atoms with Crippen molar-refractivity contribution in [3.8, 4) is 0 Å². The molecule has 1 saturated heterocycles. The maximum atomic E-state index is 12.5. The first-order valence-corrected chi connectivity index (χ1v) is 8.96. The zero-order chi connectivity index (χ0) is 16.5. The Kier molecular flexibility index (Phi) is 3.98. The Balaban J connectivity index is 1.44. The van der Waals surface area contributed by atoms with E-state index in [0.717, 1.165) is 37.1 Å². The van der Waals surface area contributed by atoms with Gasteiger partial charge in [0.05, 0.1) is 27.1 Å². The Hall–Kier alpha value is -2.34. The van der Waals surface area contributed by atoms with Crippen molar-refractivity contribution in [2.75, 3.05) is 13.1 Å². The molecule has 0 aliphatic carbocycles. The molecular weight excluding hydrogens is 320 g/mol. The number of hydrogen-bond acceptors (Lipinski definition) is 5. The summed E-state index contributed by atoms with van der Waals surface area (Å²) in [6.45, 7) is 3.36. The second-order valence-electron chi connectivity index (χ2n) is 6.13. The van der Waals surface area contributed by atoms with Crippen molar-refractivity contribution in [2.24, 2.45) is 0 Å². The standard InChI is InChI=1S/C18H18N4OS/c1-12-10-20-15(11-19-12)18(23)22-8-6-13(7-9-22)17-21-14-4-2-3-5-16(14)24-17/h2-5,10-11,13H,6-9H2,1H3. The number of carbonyl (C=O) groups excluding carboxylic acids is 1. The number of piperidine rings is 1. The Morgan fingerprint density at radius 3 is 2.67 bits per heavy atom. The van der Waals surface area contributed by atoms with E-state index in [1.807, 2.05) is 24.0 Å². The average Bonchev–Trinajstić information content (AvgIpc) is 3.06. The highest BCUT2D eigenvalue weighted by Gasteiger charge is 2.27. The molecule has 4 rings (SSSR count). The molecule has 1 aromatic carbocycles. The highest BCUT2D eigenvalue weighted by atomic mass is 32.1. The molecule has 0 spiro atoms. The van der Waals surface area contributed by atoms with E-state index in [9.17, 15) is 4.79 Å². The summed E-state index contributed by atoms with van der Waals surface area (Å²) in [6.07, 6.45) is 5.11. The minimum atomic E-state index is -0.0229. The van der Waals surface area contributed by atoms with Gasteiger partial charge in [0.25, 0.3) is 5.91 Å². The number of aromatic nitrogens is 3. The molecule has 0 N–H and O–H groups in total. The van der Waals surface area contributed by atoms with Crippen LogP contribution in [0.25, 0.3) is 10.2 Å². The fourth-order valence-electron chi connectivity index (χ4n) is 3.06. The van der Waals surface area contributed by atoms with Crippen molar-refractivity contribution in [3.05, 3.63) is 53.1 Å². The van der Waals surface area contributed by atoms with Gasteiger partial charge in [-0.25, -0.2) is 9.97 Å². The summed E-state index contributed by atoms with van der Waals surface area (Å²) in [5.41, 5.74) is 2.33. The molecule has 3 aromatic rings. The normalized spacial score (nSPS) is 15.8. The number of aryl methyl sites for hydroxylation is 1. The first-order valence-electron chi connectivity index (χ1n) is 8.14. The number of rotatable bonds is 2. The van der Waals surface area contributed by atoms with E-state index in [1.165, 1.54) is 9.71 Å². The molecule has 0 bridgehead atoms. The van der Waals surface area contributed by atoms with E-state index in [4.69, 9.17) is 4.98 Å². The van der Waals surface area contributed by atoms with E-state index >= 15 is 0 Å². The number of carbonyl (C=O) groups is 1. The van der Waals surface area contributed by atoms with Gasteiger partial charge in [-0.05, 0) is 31.9 Å². The average molecular weight is 338 g/mol. The Morgan fingerprint density at radius 1 is 1.17 bits per heavy atom. The first-order chi connectivity index (χ1) is 11.7. The molecule has 24 heavy (non-hydrogen) atoms. The molecule has 2 aromatic heterocycles. The number of likely N-dealkylation sites (tertiary alicyclic amines) is 1. The van der Waals surface area contributed by atoms with E-state index in [0.29, 0.717) is 11.6 Å². The lowest BCUT2D eigenvalue weighted by molar-refractivity contribution is 0.0706. The maximum absolute atomic E-state index is 12.5. The lowest BCUT2D eigenvalue weighted by Gasteiger charge is -2.30. The van der Waals surface area contributed by atoms with Gasteiger partial charge in [0.2, 0.25) is 0 Å². The number of para-hydroxylation sites is 1. The molecule has 0 radical (unpaired) electrons. The zero-order valence-corrected chi connectivity index (χ0v) is 14.3. The topological polar surface area (TPSA) is 59.0 Å². The molecule has 6 heteroatoms. The molecule has 1 amide bonds. The lowest BCUT2D eigenvalue weighted by atomic mass is 9.97. The van der Waals surface area contributed by atoms with Gasteiger partial charge >= 0.3 is 0 Å². The van der Waals surface area contributed by atoms with E-state index < -0.39 is 0 Å². The van der Waals surface area contributed by atoms with Crippen LogP contribution in [0.1, 0.15) is 39.9 Å². The molecule has 122 valence electrons. The number of nitrogens with zero attached hydrogens (tertiary/aromatic N) is 4. The highest BCUT2D eigenvalue weighted by Crippen LogP contribution is 2.33. The van der Waals surface area contributed by atoms with E-state index in [2.05, 4.69) is 22.1 Å². The highest BCUT2D eigenvalue weighted by molar-refractivity contribution is 7.18. The molecule has 0 unspecified atom stereocenters. The third-order valence-corrected chi connectivity index (χ3v) is 5.64. The molecular formula is C18H18N4OS. The number of thiazole rings is 1. The number of amides is 1. The van der Waals surface area contributed by atoms with Gasteiger partial charge in [0.1, 0.15) is 5.69 Å². The van der Waals surface area contributed by atoms with Crippen LogP contribution >= 0.6 is 11.3 Å². The van der Waals surface area contributed by atoms with Crippen LogP contribution < -0.4 is 0 Å². The van der Waals surface area contributed by atoms with Crippen molar-refractivity contribution < 1.29 is 4.79 Å². The minimum absolute atomic E-state index is 0.0229. The van der Waals surface area contributed by atoms with Crippen molar-refractivity contribution in [3.63, 3.8) is 0 Å². The van der Waals surface area contributed by atoms with Crippen LogP contribution in [0.15, 0.2) is 36.7 Å². The smallest absolute Gasteiger partial charge is 0.274 e. The van der Waals surface area contributed by atoms with Crippen molar-refractivity contribution in [1.82, 2.24) is 19.9 Å². The third kappa shape index (κ3) is 2.89. The van der Waals surface area contributed by atoms with Gasteiger partial charge in [-0.2, -0.15) is 0 Å². The zero-order valence-electron chi connectivity index (χ0n) is 13.5. The number of fused-ring (bicyclic) bond motifs is 1. The van der Waals surface area contributed by atoms with Gasteiger partial charge in [0.15, 0.2) is 0 Å². The minimum Gasteiger partial charge on any atom is -0.337 e. The Bertz CT molecular complexity index is 833. The summed E-state index contributed by atoms with van der Waals surface area (Å²) >= 11 is 1.77. The van der Waals surface area contributed by atoms with Crippen LogP contribution in [-0.2, 0) is 0 Å². The van der Waals surface area contributed by atoms with Crippen LogP contribution in [0.2, 0.25) is 0 Å². The SMILES string of the molecule is Cc1cnc(C(=O)N2CCC(c3nc4ccccc4s3)CC2)cn1. The summed E-state index contributed by atoms with van der Waals surface area (Å²) in [5, 5.41) is 1.19. The van der Waals surface area contributed by atoms with Gasteiger partial charge in [-0.3, -0.25) is 9.78 Å². The van der Waals surface area contributed by atoms with Crippen molar-refractivity contribution in [1.29, 1.82) is 0 Å². The van der Waals surface area contributed by atoms with Gasteiger partial charge in [-0.1, -0.05) is 12.1 Å². The Labute approximate surface area is 144 Å². The summed E-state index contributed by atoms with van der Waals surface area (Å²) in [5.74, 6) is 0.417. The van der Waals surface area contributed by atoms with Crippen LogP contribution in [0.4, 0.5) is 0 Å². The van der Waals surface area contributed by atoms with Crippen LogP contribution in [-0.4, -0.2) is 38.8 Å². The number of benzene rings is 1. The monoisotopic (exact) mass is 338 g/mol. The van der Waals surface area contributed by atoms with Crippen molar-refractivity contribution in [2.45, 2.75) is 25.7 Å². The van der Waals surface area contributed by atoms with Crippen LogP contribution in [0, 0.1) is 6.92 Å². The summed E-state index contributed by atoms with van der Waals surface area (Å²) < 4.78 is 1.24. The predicted octanol–water partition coefficient (Wildman–Crippen LogP) is 3.41. The fourth-order valence-corrected chi connectivity index (χ4v) is 4.20. The molecule has 0 saturated carbocycles. The molecule has 1 aliphatic heterocycles. The maximum Gasteiger partial charge on any atom is 0.274 e. The van der Waals surface area contributed by atoms with Gasteiger partial charge < -0.3 is 4.90 Å². The quantitative estimate of drug-likeness (QED) is 0.718. The van der Waals surface area contributed by atoms with Crippen LogP contribution in [0.5, 0.6) is 0 Å².